The summed E-state index contributed by atoms with van der Waals surface area (Å²) in [7, 11) is 3.25. The first-order valence-corrected chi connectivity index (χ1v) is 2.38. The molecule has 0 radical (unpaired) electrons. The van der Waals surface area contributed by atoms with Gasteiger partial charge in [0.05, 0.1) is 0 Å². The highest BCUT2D eigenvalue weighted by molar-refractivity contribution is 5.85. The first kappa shape index (κ1) is 7.74. The number of carbonyl (C=O) groups is 1. The van der Waals surface area contributed by atoms with Crippen molar-refractivity contribution in [1.82, 2.24) is 10.2 Å². The first-order chi connectivity index (χ1) is 4.18. The van der Waals surface area contributed by atoms with E-state index in [0.29, 0.717) is 0 Å². The van der Waals surface area contributed by atoms with Crippen LogP contribution in [0.2, 0.25) is 0 Å². The lowest BCUT2D eigenvalue weighted by molar-refractivity contribution is 0.223. The molecule has 5 heteroatoms. The van der Waals surface area contributed by atoms with Crippen LogP contribution in [0.3, 0.4) is 0 Å². The van der Waals surface area contributed by atoms with Crippen LogP contribution in [0.5, 0.6) is 0 Å². The second-order valence-electron chi connectivity index (χ2n) is 1.62. The van der Waals surface area contributed by atoms with Crippen molar-refractivity contribution in [3.8, 4) is 0 Å². The van der Waals surface area contributed by atoms with Gasteiger partial charge in [0.25, 0.3) is 0 Å². The molecule has 0 heterocycles. The summed E-state index contributed by atoms with van der Waals surface area (Å²) in [6.07, 6.45) is 1.13. The molecule has 0 aliphatic heterocycles. The second kappa shape index (κ2) is 3.71. The molecule has 2 amide bonds. The lowest BCUT2D eigenvalue weighted by Gasteiger charge is -2.07. The molecule has 0 aliphatic carbocycles. The van der Waals surface area contributed by atoms with Gasteiger partial charge >= 0.3 is 6.03 Å². The molecule has 0 bridgehead atoms. The smallest absolute Gasteiger partial charge is 0.322 e. The van der Waals surface area contributed by atoms with E-state index in [1.54, 1.807) is 14.1 Å². The largest absolute Gasteiger partial charge is 0.331 e. The number of nitrogens with two attached hydrogens (primary N) is 1. The summed E-state index contributed by atoms with van der Waals surface area (Å²) in [5.74, 6) is 4.71. The average Bonchev–Trinajstić information content (AvgIpc) is 1.82. The van der Waals surface area contributed by atoms with Gasteiger partial charge in [-0.3, -0.25) is 5.32 Å². The van der Waals surface area contributed by atoms with E-state index in [1.807, 2.05) is 0 Å². The monoisotopic (exact) mass is 130 g/mol. The predicted octanol–water partition coefficient (Wildman–Crippen LogP) is -0.840. The summed E-state index contributed by atoms with van der Waals surface area (Å²) >= 11 is 0. The topological polar surface area (TPSA) is 70.7 Å². The molecule has 0 aromatic carbocycles. The van der Waals surface area contributed by atoms with E-state index < -0.39 is 0 Å². The van der Waals surface area contributed by atoms with Crippen LogP contribution in [0.4, 0.5) is 4.79 Å². The van der Waals surface area contributed by atoms with E-state index in [1.165, 1.54) is 4.90 Å². The van der Waals surface area contributed by atoms with Gasteiger partial charge in [0.15, 0.2) is 0 Å². The van der Waals surface area contributed by atoms with E-state index in [2.05, 4.69) is 10.4 Å². The number of hydrazone groups is 1. The molecule has 0 aromatic rings. The minimum Gasteiger partial charge on any atom is -0.331 e. The van der Waals surface area contributed by atoms with E-state index in [0.717, 1.165) is 6.34 Å². The molecule has 0 unspecified atom stereocenters. The van der Waals surface area contributed by atoms with Crippen molar-refractivity contribution < 1.29 is 4.79 Å². The van der Waals surface area contributed by atoms with Gasteiger partial charge in [0, 0.05) is 14.1 Å². The Balaban J connectivity index is 3.51. The van der Waals surface area contributed by atoms with E-state index in [4.69, 9.17) is 5.84 Å². The third kappa shape index (κ3) is 3.33. The average molecular weight is 130 g/mol. The Bertz CT molecular complexity index is 120. The first-order valence-electron chi connectivity index (χ1n) is 2.38. The lowest BCUT2D eigenvalue weighted by Crippen LogP contribution is -2.33. The van der Waals surface area contributed by atoms with Crippen LogP contribution in [-0.2, 0) is 0 Å². The molecule has 9 heavy (non-hydrogen) atoms. The normalized spacial score (nSPS) is 9.56. The molecule has 0 spiro atoms. The Labute approximate surface area is 53.5 Å². The van der Waals surface area contributed by atoms with E-state index in [-0.39, 0.29) is 6.03 Å². The standard InChI is InChI=1S/C4H10N4O/c1-8(2)4(9)6-3-7-5/h3H,5H2,1-2H3,(H,6,7,9). The molecule has 0 aliphatic rings. The van der Waals surface area contributed by atoms with Crippen LogP contribution in [0.1, 0.15) is 0 Å². The fraction of sp³-hybridized carbons (Fsp3) is 0.500. The zero-order valence-corrected chi connectivity index (χ0v) is 5.46. The van der Waals surface area contributed by atoms with Crippen molar-refractivity contribution in [2.45, 2.75) is 0 Å². The number of nitrogens with zero attached hydrogens (tertiary/aromatic N) is 2. The molecule has 52 valence electrons. The third-order valence-electron chi connectivity index (χ3n) is 0.669. The number of carbonyl (C=O) groups excluding carboxylic acids is 1. The van der Waals surface area contributed by atoms with Crippen molar-refractivity contribution in [3.05, 3.63) is 0 Å². The van der Waals surface area contributed by atoms with Crippen LogP contribution >= 0.6 is 0 Å². The van der Waals surface area contributed by atoms with Gasteiger partial charge in [-0.05, 0) is 0 Å². The highest BCUT2D eigenvalue weighted by Crippen LogP contribution is 1.71. The molecule has 0 rings (SSSR count). The maximum absolute atomic E-state index is 10.6. The van der Waals surface area contributed by atoms with Crippen LogP contribution in [0.25, 0.3) is 0 Å². The highest BCUT2D eigenvalue weighted by atomic mass is 16.2. The maximum atomic E-state index is 10.6. The predicted molar refractivity (Wildman–Crippen MR) is 34.9 cm³/mol. The number of nitrogens with one attached hydrogen (secondary N) is 1. The number of urea groups is 1. The van der Waals surface area contributed by atoms with E-state index >= 15 is 0 Å². The van der Waals surface area contributed by atoms with Crippen LogP contribution < -0.4 is 11.2 Å². The Morgan fingerprint density at radius 3 is 2.67 bits per heavy atom. The van der Waals surface area contributed by atoms with Crippen molar-refractivity contribution >= 4 is 12.4 Å². The number of amides is 2. The number of hydrogen-bond donors (Lipinski definition) is 2. The van der Waals surface area contributed by atoms with Gasteiger partial charge in [-0.25, -0.2) is 4.79 Å². The van der Waals surface area contributed by atoms with Crippen molar-refractivity contribution in [3.63, 3.8) is 0 Å². The van der Waals surface area contributed by atoms with Crippen LogP contribution in [-0.4, -0.2) is 31.4 Å². The van der Waals surface area contributed by atoms with Crippen LogP contribution in [0, 0.1) is 0 Å². The molecule has 5 nitrogen and oxygen atoms in total. The molecule has 0 saturated carbocycles. The molecule has 3 N–H and O–H groups in total. The van der Waals surface area contributed by atoms with Gasteiger partial charge in [0.1, 0.15) is 6.34 Å². The highest BCUT2D eigenvalue weighted by Gasteiger charge is 1.96. The summed E-state index contributed by atoms with van der Waals surface area (Å²) in [5.41, 5.74) is 0. The van der Waals surface area contributed by atoms with Gasteiger partial charge < -0.3 is 10.7 Å². The molecule has 0 atom stereocenters. The Morgan fingerprint density at radius 1 is 1.78 bits per heavy atom. The van der Waals surface area contributed by atoms with Gasteiger partial charge in [-0.1, -0.05) is 0 Å². The van der Waals surface area contributed by atoms with Gasteiger partial charge in [-0.2, -0.15) is 5.10 Å². The van der Waals surface area contributed by atoms with Crippen molar-refractivity contribution in [1.29, 1.82) is 0 Å². The second-order valence-corrected chi connectivity index (χ2v) is 1.62. The van der Waals surface area contributed by atoms with E-state index in [9.17, 15) is 4.79 Å². The Kier molecular flexibility index (Phi) is 3.19. The SMILES string of the molecule is CN(C)C(=O)NC=NN. The molecular formula is C4H10N4O. The van der Waals surface area contributed by atoms with Crippen molar-refractivity contribution in [2.75, 3.05) is 14.1 Å². The fourth-order valence-electron chi connectivity index (χ4n) is 0.222. The fourth-order valence-corrected chi connectivity index (χ4v) is 0.222. The summed E-state index contributed by atoms with van der Waals surface area (Å²) in [5, 5.41) is 5.38. The molecular weight excluding hydrogens is 120 g/mol. The minimum atomic E-state index is -0.246. The lowest BCUT2D eigenvalue weighted by atomic mass is 10.8. The zero-order chi connectivity index (χ0) is 7.28. The molecule has 0 fully saturated rings. The zero-order valence-electron chi connectivity index (χ0n) is 5.46. The number of hydrogen-bond acceptors (Lipinski definition) is 3. The minimum absolute atomic E-state index is 0.246. The number of rotatable bonds is 1. The summed E-state index contributed by atoms with van der Waals surface area (Å²) < 4.78 is 0. The van der Waals surface area contributed by atoms with Gasteiger partial charge in [-0.15, -0.1) is 0 Å². The van der Waals surface area contributed by atoms with Gasteiger partial charge in [0.2, 0.25) is 0 Å². The van der Waals surface area contributed by atoms with Crippen LogP contribution in [0.15, 0.2) is 5.10 Å². The molecule has 0 saturated heterocycles. The van der Waals surface area contributed by atoms with Crippen molar-refractivity contribution in [2.24, 2.45) is 10.9 Å². The summed E-state index contributed by atoms with van der Waals surface area (Å²) in [6, 6.07) is -0.246. The summed E-state index contributed by atoms with van der Waals surface area (Å²) in [6.45, 7) is 0. The third-order valence-corrected chi connectivity index (χ3v) is 0.669. The maximum Gasteiger partial charge on any atom is 0.322 e. The Morgan fingerprint density at radius 2 is 2.33 bits per heavy atom. The quantitative estimate of drug-likeness (QED) is 0.210. The summed E-state index contributed by atoms with van der Waals surface area (Å²) in [4.78, 5) is 11.9. The Hall–Kier alpha value is -1.26. The molecule has 0 aromatic heterocycles.